The van der Waals surface area contributed by atoms with Crippen molar-refractivity contribution in [3.05, 3.63) is 130 Å². The van der Waals surface area contributed by atoms with Crippen molar-refractivity contribution in [3.8, 4) is 11.3 Å². The van der Waals surface area contributed by atoms with Gasteiger partial charge in [-0.2, -0.15) is 0 Å². The zero-order chi connectivity index (χ0) is 29.1. The van der Waals surface area contributed by atoms with Gasteiger partial charge in [-0.3, -0.25) is 4.98 Å². The summed E-state index contributed by atoms with van der Waals surface area (Å²) in [5, 5.41) is 10.2. The van der Waals surface area contributed by atoms with E-state index in [-0.39, 0.29) is 12.1 Å². The minimum absolute atomic E-state index is 0.0425. The molecule has 0 saturated carbocycles. The molecule has 1 unspecified atom stereocenters. The van der Waals surface area contributed by atoms with Crippen molar-refractivity contribution in [3.63, 3.8) is 0 Å². The Morgan fingerprint density at radius 1 is 0.675 bits per heavy atom. The summed E-state index contributed by atoms with van der Waals surface area (Å²) >= 11 is -0.826. The monoisotopic (exact) mass is 649 g/mol. The molecule has 3 aromatic carbocycles. The zero-order valence-electron chi connectivity index (χ0n) is 24.3. The summed E-state index contributed by atoms with van der Waals surface area (Å²) in [6, 6.07) is 32.1. The molecule has 0 saturated heterocycles. The summed E-state index contributed by atoms with van der Waals surface area (Å²) in [5.41, 5.74) is 9.15. The second-order valence-corrected chi connectivity index (χ2v) is 14.4. The molecule has 0 radical (unpaired) electrons. The SMILES string of the molecule is CC(C)[N-]C(c1ccccc1)c1ccccc1-c1cccc(C[N-]c2c(C(C)C)cccc2C(C)C)n1.[Cl][Zr+2][Cl]. The topological polar surface area (TPSA) is 41.1 Å². The van der Waals surface area contributed by atoms with Crippen LogP contribution in [0.2, 0.25) is 0 Å². The van der Waals surface area contributed by atoms with Crippen LogP contribution in [-0.4, -0.2) is 11.0 Å². The first kappa shape index (κ1) is 32.5. The quantitative estimate of drug-likeness (QED) is 0.168. The molecule has 208 valence electrons. The van der Waals surface area contributed by atoms with E-state index in [1.165, 1.54) is 22.3 Å². The summed E-state index contributed by atoms with van der Waals surface area (Å²) in [5.74, 6) is 0.839. The number of hydrogen-bond donors (Lipinski definition) is 0. The summed E-state index contributed by atoms with van der Waals surface area (Å²) in [7, 11) is 9.87. The van der Waals surface area contributed by atoms with Gasteiger partial charge < -0.3 is 10.6 Å². The fraction of sp³-hybridized carbons (Fsp3) is 0.324. The van der Waals surface area contributed by atoms with E-state index >= 15 is 0 Å². The van der Waals surface area contributed by atoms with Crippen LogP contribution in [-0.2, 0) is 27.4 Å². The van der Waals surface area contributed by atoms with Crippen molar-refractivity contribution in [2.75, 3.05) is 0 Å². The number of hydrogen-bond acceptors (Lipinski definition) is 1. The van der Waals surface area contributed by atoms with Gasteiger partial charge >= 0.3 is 37.9 Å². The Bertz CT molecular complexity index is 1300. The first-order valence-electron chi connectivity index (χ1n) is 13.8. The molecule has 0 fully saturated rings. The van der Waals surface area contributed by atoms with Gasteiger partial charge in [-0.25, -0.2) is 0 Å². The minimum atomic E-state index is -0.826. The van der Waals surface area contributed by atoms with Gasteiger partial charge in [0, 0.05) is 11.3 Å². The predicted octanol–water partition coefficient (Wildman–Crippen LogP) is 11.4. The van der Waals surface area contributed by atoms with E-state index in [2.05, 4.69) is 133 Å². The molecule has 1 heterocycles. The third-order valence-electron chi connectivity index (χ3n) is 6.64. The molecule has 1 aromatic heterocycles. The van der Waals surface area contributed by atoms with Crippen LogP contribution in [0.4, 0.5) is 5.69 Å². The predicted molar refractivity (Wildman–Crippen MR) is 170 cm³/mol. The molecule has 1 atom stereocenters. The Morgan fingerprint density at radius 3 is 1.82 bits per heavy atom. The molecule has 4 rings (SSSR count). The van der Waals surface area contributed by atoms with Crippen molar-refractivity contribution in [2.24, 2.45) is 0 Å². The summed E-state index contributed by atoms with van der Waals surface area (Å²) in [6.45, 7) is 13.8. The number of nitrogens with zero attached hydrogens (tertiary/aromatic N) is 3. The second kappa shape index (κ2) is 16.5. The molecule has 0 aliphatic carbocycles. The van der Waals surface area contributed by atoms with Gasteiger partial charge in [0.2, 0.25) is 0 Å². The Balaban J connectivity index is 0.00000141. The van der Waals surface area contributed by atoms with Crippen LogP contribution >= 0.6 is 17.0 Å². The second-order valence-electron chi connectivity index (χ2n) is 10.6. The maximum atomic E-state index is 5.12. The van der Waals surface area contributed by atoms with Gasteiger partial charge in [0.1, 0.15) is 0 Å². The molecule has 4 aromatic rings. The molecule has 40 heavy (non-hydrogen) atoms. The van der Waals surface area contributed by atoms with E-state index < -0.39 is 20.8 Å². The Hall–Kier alpha value is -1.97. The molecule has 0 spiro atoms. The van der Waals surface area contributed by atoms with Crippen LogP contribution < -0.4 is 0 Å². The van der Waals surface area contributed by atoms with E-state index in [1.54, 1.807) is 0 Å². The molecule has 0 bridgehead atoms. The Labute approximate surface area is 259 Å². The Morgan fingerprint density at radius 2 is 1.23 bits per heavy atom. The van der Waals surface area contributed by atoms with Crippen molar-refractivity contribution in [1.82, 2.24) is 4.98 Å². The van der Waals surface area contributed by atoms with Gasteiger partial charge in [0.05, 0.1) is 5.69 Å². The van der Waals surface area contributed by atoms with Crippen LogP contribution in [0.25, 0.3) is 21.9 Å². The van der Waals surface area contributed by atoms with E-state index in [1.807, 2.05) is 0 Å². The molecular formula is C34H39Cl2N3Zr. The van der Waals surface area contributed by atoms with Gasteiger partial charge in [0.15, 0.2) is 0 Å². The number of para-hydroxylation sites is 1. The van der Waals surface area contributed by atoms with Crippen molar-refractivity contribution in [2.45, 2.75) is 72.0 Å². The average Bonchev–Trinajstić information content (AvgIpc) is 2.95. The van der Waals surface area contributed by atoms with Crippen molar-refractivity contribution in [1.29, 1.82) is 0 Å². The normalized spacial score (nSPS) is 11.7. The number of pyridine rings is 1. The molecule has 3 nitrogen and oxygen atoms in total. The summed E-state index contributed by atoms with van der Waals surface area (Å²) < 4.78 is 0. The molecule has 0 aliphatic heterocycles. The number of benzene rings is 3. The summed E-state index contributed by atoms with van der Waals surface area (Å²) in [6.07, 6.45) is 0. The van der Waals surface area contributed by atoms with Gasteiger partial charge in [0.25, 0.3) is 0 Å². The third-order valence-corrected chi connectivity index (χ3v) is 6.64. The molecule has 0 N–H and O–H groups in total. The van der Waals surface area contributed by atoms with Gasteiger partial charge in [-0.1, -0.05) is 155 Å². The van der Waals surface area contributed by atoms with E-state index in [9.17, 15) is 0 Å². The Kier molecular flexibility index (Phi) is 13.4. The van der Waals surface area contributed by atoms with Crippen LogP contribution in [0.3, 0.4) is 0 Å². The average molecular weight is 652 g/mol. The van der Waals surface area contributed by atoms with E-state index in [0.29, 0.717) is 18.4 Å². The van der Waals surface area contributed by atoms with Crippen LogP contribution in [0.15, 0.2) is 91.0 Å². The fourth-order valence-electron chi connectivity index (χ4n) is 4.82. The number of rotatable bonds is 10. The fourth-order valence-corrected chi connectivity index (χ4v) is 4.82. The van der Waals surface area contributed by atoms with Gasteiger partial charge in [-0.05, 0) is 24.0 Å². The third kappa shape index (κ3) is 9.02. The molecule has 6 heteroatoms. The standard InChI is InChI=1S/C34H39N3.2ClH.Zr/c1-23(2)28-19-13-20-29(24(3)4)34(28)35-22-27-16-12-21-32(37-27)30-17-10-11-18-31(30)33(36-25(5)6)26-14-8-7-9-15-26;;;/h7-21,23-25,33H,22H2,1-6H3;2*1H;/q-2;;;+4/p-2. The molecule has 0 aliphatic rings. The van der Waals surface area contributed by atoms with Gasteiger partial charge in [-0.15, -0.1) is 11.7 Å². The van der Waals surface area contributed by atoms with Crippen LogP contribution in [0.1, 0.15) is 87.4 Å². The number of aromatic nitrogens is 1. The van der Waals surface area contributed by atoms with Crippen molar-refractivity contribution < 1.29 is 20.8 Å². The van der Waals surface area contributed by atoms with E-state index in [0.717, 1.165) is 22.6 Å². The van der Waals surface area contributed by atoms with Crippen LogP contribution in [0, 0.1) is 0 Å². The van der Waals surface area contributed by atoms with E-state index in [4.69, 9.17) is 32.6 Å². The number of halogens is 2. The molecule has 0 amide bonds. The van der Waals surface area contributed by atoms with Crippen LogP contribution in [0.5, 0.6) is 0 Å². The van der Waals surface area contributed by atoms with Crippen molar-refractivity contribution >= 4 is 22.7 Å². The summed E-state index contributed by atoms with van der Waals surface area (Å²) in [4.78, 5) is 5.09. The zero-order valence-corrected chi connectivity index (χ0v) is 28.2. The molecular weight excluding hydrogens is 613 g/mol. The first-order valence-corrected chi connectivity index (χ1v) is 20.2. The first-order chi connectivity index (χ1) is 19.3. The maximum absolute atomic E-state index is 5.12.